The van der Waals surface area contributed by atoms with Crippen LogP contribution in [0.15, 0.2) is 36.4 Å². The van der Waals surface area contributed by atoms with Crippen LogP contribution in [0.25, 0.3) is 11.1 Å². The first-order valence-corrected chi connectivity index (χ1v) is 6.24. The maximum atomic E-state index is 12.2. The van der Waals surface area contributed by atoms with Crippen molar-refractivity contribution in [3.8, 4) is 16.9 Å². The molecule has 0 aliphatic carbocycles. The highest BCUT2D eigenvalue weighted by atomic mass is 19.4. The van der Waals surface area contributed by atoms with Crippen LogP contribution in [0.1, 0.15) is 15.9 Å². The predicted octanol–water partition coefficient (Wildman–Crippen LogP) is 3.24. The van der Waals surface area contributed by atoms with E-state index in [1.807, 2.05) is 0 Å². The van der Waals surface area contributed by atoms with Gasteiger partial charge in [-0.05, 0) is 41.8 Å². The molecule has 2 rings (SSSR count). The fourth-order valence-corrected chi connectivity index (χ4v) is 2.21. The van der Waals surface area contributed by atoms with Crippen molar-refractivity contribution in [3.05, 3.63) is 47.5 Å². The van der Waals surface area contributed by atoms with Crippen LogP contribution in [0.3, 0.4) is 0 Å². The number of ether oxygens (including phenoxy) is 1. The number of carbonyl (C=O) groups excluding carboxylic acids is 1. The molecule has 2 aromatic rings. The minimum absolute atomic E-state index is 0.134. The highest BCUT2D eigenvalue weighted by molar-refractivity contribution is 6.04. The molecule has 0 bridgehead atoms. The molecule has 0 heterocycles. The number of amides is 1. The van der Waals surface area contributed by atoms with Crippen LogP contribution >= 0.6 is 0 Å². The normalized spacial score (nSPS) is 11.3. The molecule has 0 spiro atoms. The molecule has 0 unspecified atom stereocenters. The summed E-state index contributed by atoms with van der Waals surface area (Å²) in [6, 6.07) is 8.62. The van der Waals surface area contributed by atoms with Gasteiger partial charge in [0, 0.05) is 5.69 Å². The van der Waals surface area contributed by atoms with Gasteiger partial charge < -0.3 is 16.2 Å². The second-order valence-electron chi connectivity index (χ2n) is 4.66. The van der Waals surface area contributed by atoms with Gasteiger partial charge in [0.25, 0.3) is 5.91 Å². The summed E-state index contributed by atoms with van der Waals surface area (Å²) in [5, 5.41) is 0. The van der Waals surface area contributed by atoms with Gasteiger partial charge in [0.05, 0.1) is 5.56 Å². The summed E-state index contributed by atoms with van der Waals surface area (Å²) in [5.74, 6) is -1.04. The Morgan fingerprint density at radius 3 is 2.36 bits per heavy atom. The van der Waals surface area contributed by atoms with Crippen LogP contribution < -0.4 is 16.2 Å². The summed E-state index contributed by atoms with van der Waals surface area (Å²) >= 11 is 0. The third kappa shape index (κ3) is 3.30. The molecule has 0 aliphatic rings. The minimum atomic E-state index is -4.76. The lowest BCUT2D eigenvalue weighted by atomic mass is 9.94. The van der Waals surface area contributed by atoms with Crippen LogP contribution in [0.5, 0.6) is 5.75 Å². The molecule has 0 fully saturated rings. The molecule has 0 saturated heterocycles. The molecule has 0 radical (unpaired) electrons. The van der Waals surface area contributed by atoms with Crippen molar-refractivity contribution < 1.29 is 22.7 Å². The predicted molar refractivity (Wildman–Crippen MR) is 76.2 cm³/mol. The fourth-order valence-electron chi connectivity index (χ4n) is 2.21. The Bertz CT molecular complexity index is 727. The Labute approximate surface area is 124 Å². The maximum absolute atomic E-state index is 12.2. The van der Waals surface area contributed by atoms with Crippen LogP contribution in [0.2, 0.25) is 0 Å². The largest absolute Gasteiger partial charge is 0.573 e. The second kappa shape index (κ2) is 5.59. The number of nitrogen functional groups attached to an aromatic ring is 1. The summed E-state index contributed by atoms with van der Waals surface area (Å²) in [6.07, 6.45) is -4.76. The standard InChI is InChI=1S/C15H13F3N2O2/c1-8-7-9(22-15(16,17)18)5-6-10(8)11-3-2-4-12(19)13(11)14(20)21/h2-7H,19H2,1H3,(H2,20,21). The average molecular weight is 310 g/mol. The number of nitrogens with two attached hydrogens (primary N) is 2. The molecule has 2 aromatic carbocycles. The summed E-state index contributed by atoms with van der Waals surface area (Å²) in [7, 11) is 0. The van der Waals surface area contributed by atoms with Gasteiger partial charge in [-0.25, -0.2) is 0 Å². The van der Waals surface area contributed by atoms with Crippen LogP contribution in [0, 0.1) is 6.92 Å². The van der Waals surface area contributed by atoms with Crippen molar-refractivity contribution in [2.45, 2.75) is 13.3 Å². The van der Waals surface area contributed by atoms with Crippen molar-refractivity contribution in [2.75, 3.05) is 5.73 Å². The Morgan fingerprint density at radius 2 is 1.82 bits per heavy atom. The first kappa shape index (κ1) is 15.7. The quantitative estimate of drug-likeness (QED) is 0.854. The minimum Gasteiger partial charge on any atom is -0.406 e. The number of benzene rings is 2. The number of hydrogen-bond acceptors (Lipinski definition) is 3. The molecule has 0 saturated carbocycles. The van der Waals surface area contributed by atoms with E-state index in [4.69, 9.17) is 11.5 Å². The fraction of sp³-hybridized carbons (Fsp3) is 0.133. The molecule has 0 atom stereocenters. The van der Waals surface area contributed by atoms with E-state index in [2.05, 4.69) is 4.74 Å². The smallest absolute Gasteiger partial charge is 0.406 e. The molecule has 4 nitrogen and oxygen atoms in total. The Morgan fingerprint density at radius 1 is 1.14 bits per heavy atom. The molecule has 0 aliphatic heterocycles. The topological polar surface area (TPSA) is 78.3 Å². The highest BCUT2D eigenvalue weighted by Crippen LogP contribution is 2.33. The summed E-state index contributed by atoms with van der Waals surface area (Å²) in [4.78, 5) is 11.6. The van der Waals surface area contributed by atoms with Gasteiger partial charge >= 0.3 is 6.36 Å². The molecule has 7 heteroatoms. The van der Waals surface area contributed by atoms with Crippen molar-refractivity contribution in [1.82, 2.24) is 0 Å². The van der Waals surface area contributed by atoms with Crippen LogP contribution in [-0.2, 0) is 0 Å². The maximum Gasteiger partial charge on any atom is 0.573 e. The second-order valence-corrected chi connectivity index (χ2v) is 4.66. The number of hydrogen-bond donors (Lipinski definition) is 2. The summed E-state index contributed by atoms with van der Waals surface area (Å²) < 4.78 is 40.5. The number of primary amides is 1. The van der Waals surface area contributed by atoms with Crippen LogP contribution in [-0.4, -0.2) is 12.3 Å². The first-order chi connectivity index (χ1) is 10.2. The number of carbonyl (C=O) groups is 1. The number of aryl methyl sites for hydroxylation is 1. The molecule has 22 heavy (non-hydrogen) atoms. The molecule has 0 aromatic heterocycles. The first-order valence-electron chi connectivity index (χ1n) is 6.24. The van der Waals surface area contributed by atoms with Crippen LogP contribution in [0.4, 0.5) is 18.9 Å². The summed E-state index contributed by atoms with van der Waals surface area (Å²) in [5.41, 5.74) is 12.9. The van der Waals surface area contributed by atoms with Gasteiger partial charge in [0.2, 0.25) is 0 Å². The van der Waals surface area contributed by atoms with Gasteiger partial charge in [0.15, 0.2) is 0 Å². The van der Waals surface area contributed by atoms with E-state index in [1.54, 1.807) is 19.1 Å². The van der Waals surface area contributed by atoms with Crippen molar-refractivity contribution in [3.63, 3.8) is 0 Å². The molecule has 1 amide bonds. The third-order valence-corrected chi connectivity index (χ3v) is 3.06. The number of anilines is 1. The molecule has 4 N–H and O–H groups in total. The van der Waals surface area contributed by atoms with Gasteiger partial charge in [0.1, 0.15) is 5.75 Å². The SMILES string of the molecule is Cc1cc(OC(F)(F)F)ccc1-c1cccc(N)c1C(N)=O. The monoisotopic (exact) mass is 310 g/mol. The Balaban J connectivity index is 2.51. The lowest BCUT2D eigenvalue weighted by Gasteiger charge is -2.14. The number of halogens is 3. The zero-order valence-corrected chi connectivity index (χ0v) is 11.6. The van der Waals surface area contributed by atoms with Gasteiger partial charge in [-0.15, -0.1) is 13.2 Å². The molecular weight excluding hydrogens is 297 g/mol. The van der Waals surface area contributed by atoms with Crippen molar-refractivity contribution >= 4 is 11.6 Å². The molecular formula is C15H13F3N2O2. The lowest BCUT2D eigenvalue weighted by molar-refractivity contribution is -0.274. The highest BCUT2D eigenvalue weighted by Gasteiger charge is 2.31. The van der Waals surface area contributed by atoms with E-state index < -0.39 is 12.3 Å². The zero-order valence-electron chi connectivity index (χ0n) is 11.6. The molecule has 116 valence electrons. The number of rotatable bonds is 3. The van der Waals surface area contributed by atoms with E-state index in [-0.39, 0.29) is 17.0 Å². The van der Waals surface area contributed by atoms with Crippen molar-refractivity contribution in [1.29, 1.82) is 0 Å². The van der Waals surface area contributed by atoms with E-state index in [1.165, 1.54) is 24.3 Å². The van der Waals surface area contributed by atoms with E-state index in [0.29, 0.717) is 16.7 Å². The summed E-state index contributed by atoms with van der Waals surface area (Å²) in [6.45, 7) is 1.60. The van der Waals surface area contributed by atoms with Crippen molar-refractivity contribution in [2.24, 2.45) is 5.73 Å². The van der Waals surface area contributed by atoms with Gasteiger partial charge in [-0.2, -0.15) is 0 Å². The average Bonchev–Trinajstić information content (AvgIpc) is 2.36. The Hall–Kier alpha value is -2.70. The van der Waals surface area contributed by atoms with Gasteiger partial charge in [-0.1, -0.05) is 18.2 Å². The third-order valence-electron chi connectivity index (χ3n) is 3.06. The number of alkyl halides is 3. The Kier molecular flexibility index (Phi) is 3.99. The zero-order chi connectivity index (χ0) is 16.5. The van der Waals surface area contributed by atoms with Gasteiger partial charge in [-0.3, -0.25) is 4.79 Å². The van der Waals surface area contributed by atoms with E-state index in [9.17, 15) is 18.0 Å². The lowest BCUT2D eigenvalue weighted by Crippen LogP contribution is -2.17. The van der Waals surface area contributed by atoms with E-state index >= 15 is 0 Å². The van der Waals surface area contributed by atoms with E-state index in [0.717, 1.165) is 0 Å².